The number of ether oxygens (including phenoxy) is 1. The standard InChI is InChI=1S/C14H20N2O3/c1-16-8-7-12(14(16)18)15-9-13(17)10-3-5-11(19-2)6-4-10/h3-6,12-13,15,17H,7-9H2,1-2H3. The molecular formula is C14H20N2O3. The van der Waals surface area contributed by atoms with Gasteiger partial charge in [-0.15, -0.1) is 0 Å². The predicted molar refractivity (Wildman–Crippen MR) is 72.0 cm³/mol. The zero-order valence-electron chi connectivity index (χ0n) is 11.3. The maximum Gasteiger partial charge on any atom is 0.239 e. The van der Waals surface area contributed by atoms with Gasteiger partial charge in [0.05, 0.1) is 19.3 Å². The van der Waals surface area contributed by atoms with Crippen molar-refractivity contribution in [1.29, 1.82) is 0 Å². The van der Waals surface area contributed by atoms with Crippen molar-refractivity contribution in [3.8, 4) is 5.75 Å². The Bertz CT molecular complexity index is 433. The Morgan fingerprint density at radius 1 is 1.47 bits per heavy atom. The first-order valence-corrected chi connectivity index (χ1v) is 6.42. The fraction of sp³-hybridized carbons (Fsp3) is 0.500. The molecule has 104 valence electrons. The second-order valence-electron chi connectivity index (χ2n) is 4.80. The SMILES string of the molecule is COc1ccc(C(O)CNC2CCN(C)C2=O)cc1. The molecule has 1 heterocycles. The Hall–Kier alpha value is -1.59. The van der Waals surface area contributed by atoms with E-state index in [1.54, 1.807) is 19.1 Å². The smallest absolute Gasteiger partial charge is 0.239 e. The van der Waals surface area contributed by atoms with Gasteiger partial charge in [0.2, 0.25) is 5.91 Å². The molecule has 2 N–H and O–H groups in total. The monoisotopic (exact) mass is 264 g/mol. The van der Waals surface area contributed by atoms with E-state index >= 15 is 0 Å². The van der Waals surface area contributed by atoms with E-state index in [-0.39, 0.29) is 11.9 Å². The molecule has 0 radical (unpaired) electrons. The molecule has 1 fully saturated rings. The van der Waals surface area contributed by atoms with Crippen LogP contribution in [0.3, 0.4) is 0 Å². The van der Waals surface area contributed by atoms with Gasteiger partial charge >= 0.3 is 0 Å². The quantitative estimate of drug-likeness (QED) is 0.815. The molecular weight excluding hydrogens is 244 g/mol. The second-order valence-corrected chi connectivity index (χ2v) is 4.80. The van der Waals surface area contributed by atoms with E-state index in [9.17, 15) is 9.90 Å². The first-order chi connectivity index (χ1) is 9.11. The molecule has 1 saturated heterocycles. The summed E-state index contributed by atoms with van der Waals surface area (Å²) in [5.41, 5.74) is 0.812. The number of likely N-dealkylation sites (tertiary alicyclic amines) is 1. The Balaban J connectivity index is 1.86. The number of hydrogen-bond donors (Lipinski definition) is 2. The van der Waals surface area contributed by atoms with E-state index in [4.69, 9.17) is 4.74 Å². The van der Waals surface area contributed by atoms with Crippen LogP contribution in [0.4, 0.5) is 0 Å². The fourth-order valence-corrected chi connectivity index (χ4v) is 2.21. The highest BCUT2D eigenvalue weighted by atomic mass is 16.5. The lowest BCUT2D eigenvalue weighted by molar-refractivity contribution is -0.128. The molecule has 1 aliphatic rings. The average Bonchev–Trinajstić information content (AvgIpc) is 2.76. The molecule has 5 nitrogen and oxygen atoms in total. The van der Waals surface area contributed by atoms with E-state index in [2.05, 4.69) is 5.32 Å². The molecule has 0 aromatic heterocycles. The number of likely N-dealkylation sites (N-methyl/N-ethyl adjacent to an activating group) is 1. The van der Waals surface area contributed by atoms with E-state index in [1.807, 2.05) is 24.3 Å². The fourth-order valence-electron chi connectivity index (χ4n) is 2.21. The number of methoxy groups -OCH3 is 1. The van der Waals surface area contributed by atoms with E-state index < -0.39 is 6.10 Å². The number of carbonyl (C=O) groups excluding carboxylic acids is 1. The average molecular weight is 264 g/mol. The van der Waals surface area contributed by atoms with Crippen LogP contribution in [0.5, 0.6) is 5.75 Å². The van der Waals surface area contributed by atoms with Gasteiger partial charge in [0.15, 0.2) is 0 Å². The van der Waals surface area contributed by atoms with Crippen molar-refractivity contribution < 1.29 is 14.6 Å². The summed E-state index contributed by atoms with van der Waals surface area (Å²) in [6, 6.07) is 7.11. The number of benzene rings is 1. The molecule has 0 spiro atoms. The van der Waals surface area contributed by atoms with Gasteiger partial charge in [-0.3, -0.25) is 4.79 Å². The van der Waals surface area contributed by atoms with Gasteiger partial charge in [-0.05, 0) is 24.1 Å². The van der Waals surface area contributed by atoms with Crippen LogP contribution in [0.25, 0.3) is 0 Å². The number of nitrogens with one attached hydrogen (secondary N) is 1. The van der Waals surface area contributed by atoms with Crippen molar-refractivity contribution in [3.05, 3.63) is 29.8 Å². The Morgan fingerprint density at radius 3 is 2.68 bits per heavy atom. The Morgan fingerprint density at radius 2 is 2.16 bits per heavy atom. The minimum absolute atomic E-state index is 0.0990. The van der Waals surface area contributed by atoms with Crippen LogP contribution in [-0.4, -0.2) is 49.2 Å². The third-order valence-corrected chi connectivity index (χ3v) is 3.49. The highest BCUT2D eigenvalue weighted by Crippen LogP contribution is 2.17. The minimum Gasteiger partial charge on any atom is -0.497 e. The summed E-state index contributed by atoms with van der Waals surface area (Å²) in [4.78, 5) is 13.4. The number of nitrogens with zero attached hydrogens (tertiary/aromatic N) is 1. The van der Waals surface area contributed by atoms with Gasteiger partial charge in [0.1, 0.15) is 5.75 Å². The zero-order chi connectivity index (χ0) is 13.8. The number of aliphatic hydroxyl groups is 1. The van der Waals surface area contributed by atoms with Crippen molar-refractivity contribution in [2.75, 3.05) is 27.2 Å². The van der Waals surface area contributed by atoms with Crippen LogP contribution >= 0.6 is 0 Å². The molecule has 1 amide bonds. The number of rotatable bonds is 5. The number of aliphatic hydroxyl groups excluding tert-OH is 1. The molecule has 2 unspecified atom stereocenters. The largest absolute Gasteiger partial charge is 0.497 e. The van der Waals surface area contributed by atoms with Gasteiger partial charge in [0, 0.05) is 20.1 Å². The van der Waals surface area contributed by atoms with E-state index in [0.29, 0.717) is 6.54 Å². The van der Waals surface area contributed by atoms with Crippen molar-refractivity contribution in [2.45, 2.75) is 18.6 Å². The van der Waals surface area contributed by atoms with E-state index in [0.717, 1.165) is 24.3 Å². The third-order valence-electron chi connectivity index (χ3n) is 3.49. The number of hydrogen-bond acceptors (Lipinski definition) is 4. The molecule has 1 aliphatic heterocycles. The first kappa shape index (κ1) is 13.8. The summed E-state index contributed by atoms with van der Waals surface area (Å²) >= 11 is 0. The lowest BCUT2D eigenvalue weighted by atomic mass is 10.1. The van der Waals surface area contributed by atoms with Crippen LogP contribution in [0.2, 0.25) is 0 Å². The summed E-state index contributed by atoms with van der Waals surface area (Å²) in [5.74, 6) is 0.860. The highest BCUT2D eigenvalue weighted by molar-refractivity contribution is 5.83. The maximum absolute atomic E-state index is 11.7. The summed E-state index contributed by atoms with van der Waals surface area (Å²) in [6.45, 7) is 1.14. The van der Waals surface area contributed by atoms with Gasteiger partial charge in [-0.2, -0.15) is 0 Å². The number of amides is 1. The van der Waals surface area contributed by atoms with Crippen LogP contribution < -0.4 is 10.1 Å². The zero-order valence-corrected chi connectivity index (χ0v) is 11.3. The van der Waals surface area contributed by atoms with Crippen molar-refractivity contribution in [3.63, 3.8) is 0 Å². The topological polar surface area (TPSA) is 61.8 Å². The van der Waals surface area contributed by atoms with Crippen LogP contribution in [0, 0.1) is 0 Å². The highest BCUT2D eigenvalue weighted by Gasteiger charge is 2.28. The lowest BCUT2D eigenvalue weighted by Gasteiger charge is -2.16. The summed E-state index contributed by atoms with van der Waals surface area (Å²) < 4.78 is 5.07. The Kier molecular flexibility index (Phi) is 4.39. The normalized spacial score (nSPS) is 20.7. The second kappa shape index (κ2) is 6.04. The minimum atomic E-state index is -0.621. The molecule has 2 rings (SSSR count). The van der Waals surface area contributed by atoms with Crippen molar-refractivity contribution >= 4 is 5.91 Å². The predicted octanol–water partition coefficient (Wildman–Crippen LogP) is 0.549. The van der Waals surface area contributed by atoms with Gasteiger partial charge in [-0.25, -0.2) is 0 Å². The molecule has 5 heteroatoms. The lowest BCUT2D eigenvalue weighted by Crippen LogP contribution is -2.38. The molecule has 1 aromatic rings. The van der Waals surface area contributed by atoms with Crippen LogP contribution in [0.1, 0.15) is 18.1 Å². The molecule has 0 bridgehead atoms. The molecule has 2 atom stereocenters. The van der Waals surface area contributed by atoms with Crippen molar-refractivity contribution in [1.82, 2.24) is 10.2 Å². The number of carbonyl (C=O) groups is 1. The van der Waals surface area contributed by atoms with Gasteiger partial charge in [-0.1, -0.05) is 12.1 Å². The summed E-state index contributed by atoms with van der Waals surface area (Å²) in [5, 5.41) is 13.2. The summed E-state index contributed by atoms with van der Waals surface area (Å²) in [7, 11) is 3.40. The molecule has 19 heavy (non-hydrogen) atoms. The first-order valence-electron chi connectivity index (χ1n) is 6.42. The third kappa shape index (κ3) is 3.24. The van der Waals surface area contributed by atoms with Gasteiger partial charge in [0.25, 0.3) is 0 Å². The van der Waals surface area contributed by atoms with Gasteiger partial charge < -0.3 is 20.1 Å². The van der Waals surface area contributed by atoms with Crippen molar-refractivity contribution in [2.24, 2.45) is 0 Å². The van der Waals surface area contributed by atoms with Crippen LogP contribution in [0.15, 0.2) is 24.3 Å². The molecule has 0 saturated carbocycles. The summed E-state index contributed by atoms with van der Waals surface area (Å²) in [6.07, 6.45) is 0.176. The Labute approximate surface area is 113 Å². The van der Waals surface area contributed by atoms with Crippen LogP contribution in [-0.2, 0) is 4.79 Å². The molecule has 1 aromatic carbocycles. The maximum atomic E-state index is 11.7. The van der Waals surface area contributed by atoms with E-state index in [1.165, 1.54) is 0 Å². The molecule has 0 aliphatic carbocycles.